The van der Waals surface area contributed by atoms with E-state index >= 15 is 0 Å². The summed E-state index contributed by atoms with van der Waals surface area (Å²) in [6.45, 7) is 6.04. The normalized spacial score (nSPS) is 17.2. The Hall–Kier alpha value is -1.55. The second kappa shape index (κ2) is 8.03. The van der Waals surface area contributed by atoms with Crippen LogP contribution in [0, 0.1) is 12.8 Å². The number of aryl methyl sites for hydroxylation is 1. The fourth-order valence-corrected chi connectivity index (χ4v) is 2.46. The Kier molecular flexibility index (Phi) is 6.05. The summed E-state index contributed by atoms with van der Waals surface area (Å²) in [5.41, 5.74) is 1.12. The Morgan fingerprint density at radius 3 is 2.76 bits per heavy atom. The molecule has 0 aromatic heterocycles. The summed E-state index contributed by atoms with van der Waals surface area (Å²) in [6.07, 6.45) is 2.51. The summed E-state index contributed by atoms with van der Waals surface area (Å²) in [4.78, 5) is 12.1. The van der Waals surface area contributed by atoms with Crippen LogP contribution in [-0.4, -0.2) is 31.8 Å². The third kappa shape index (κ3) is 4.74. The van der Waals surface area contributed by atoms with Gasteiger partial charge >= 0.3 is 0 Å². The fourth-order valence-electron chi connectivity index (χ4n) is 2.46. The fraction of sp³-hybridized carbons (Fsp3) is 0.588. The Morgan fingerprint density at radius 2 is 2.10 bits per heavy atom. The average molecular weight is 291 g/mol. The quantitative estimate of drug-likeness (QED) is 0.876. The number of ether oxygens (including phenoxy) is 2. The lowest BCUT2D eigenvalue weighted by Crippen LogP contribution is -2.40. The smallest absolute Gasteiger partial charge is 0.223 e. The molecular formula is C17H25NO3. The number of nitrogens with one attached hydrogen (secondary N) is 1. The molecule has 1 fully saturated rings. The highest BCUT2D eigenvalue weighted by Crippen LogP contribution is 2.19. The van der Waals surface area contributed by atoms with Crippen LogP contribution in [0.4, 0.5) is 0 Å². The van der Waals surface area contributed by atoms with Crippen molar-refractivity contribution in [1.29, 1.82) is 0 Å². The second-order valence-corrected chi connectivity index (χ2v) is 5.55. The minimum atomic E-state index is 0.00916. The molecule has 0 saturated carbocycles. The van der Waals surface area contributed by atoms with Crippen LogP contribution in [0.25, 0.3) is 0 Å². The number of hydrogen-bond donors (Lipinski definition) is 1. The molecule has 1 unspecified atom stereocenters. The van der Waals surface area contributed by atoms with Gasteiger partial charge in [0.15, 0.2) is 0 Å². The van der Waals surface area contributed by atoms with E-state index in [1.54, 1.807) is 0 Å². The van der Waals surface area contributed by atoms with E-state index in [4.69, 9.17) is 9.47 Å². The van der Waals surface area contributed by atoms with Gasteiger partial charge in [0.1, 0.15) is 11.9 Å². The Balaban J connectivity index is 1.82. The van der Waals surface area contributed by atoms with Gasteiger partial charge in [-0.1, -0.05) is 25.1 Å². The lowest BCUT2D eigenvalue weighted by atomic mass is 9.99. The summed E-state index contributed by atoms with van der Waals surface area (Å²) in [5.74, 6) is 1.12. The molecule has 1 aromatic carbocycles. The van der Waals surface area contributed by atoms with Crippen molar-refractivity contribution in [2.24, 2.45) is 5.92 Å². The molecule has 2 rings (SSSR count). The van der Waals surface area contributed by atoms with Gasteiger partial charge in [-0.05, 0) is 37.8 Å². The minimum Gasteiger partial charge on any atom is -0.488 e. The van der Waals surface area contributed by atoms with Crippen molar-refractivity contribution >= 4 is 5.91 Å². The molecule has 1 atom stereocenters. The lowest BCUT2D eigenvalue weighted by molar-refractivity contribution is -0.128. The number of hydrogen-bond acceptors (Lipinski definition) is 3. The van der Waals surface area contributed by atoms with Gasteiger partial charge in [0.25, 0.3) is 0 Å². The number of amides is 1. The molecule has 116 valence electrons. The third-order valence-electron chi connectivity index (χ3n) is 3.94. The Bertz CT molecular complexity index is 455. The first kappa shape index (κ1) is 15.8. The average Bonchev–Trinajstić information content (AvgIpc) is 2.53. The second-order valence-electron chi connectivity index (χ2n) is 5.55. The molecule has 4 nitrogen and oxygen atoms in total. The van der Waals surface area contributed by atoms with Crippen LogP contribution in [0.1, 0.15) is 31.7 Å². The van der Waals surface area contributed by atoms with Crippen molar-refractivity contribution in [1.82, 2.24) is 5.32 Å². The highest BCUT2D eigenvalue weighted by molar-refractivity contribution is 5.78. The van der Waals surface area contributed by atoms with E-state index in [-0.39, 0.29) is 17.9 Å². The zero-order chi connectivity index (χ0) is 15.1. The van der Waals surface area contributed by atoms with E-state index in [1.807, 2.05) is 31.2 Å². The molecule has 1 N–H and O–H groups in total. The van der Waals surface area contributed by atoms with Crippen molar-refractivity contribution in [3.63, 3.8) is 0 Å². The number of para-hydroxylation sites is 1. The molecule has 1 aromatic rings. The lowest BCUT2D eigenvalue weighted by Gasteiger charge is -2.23. The number of carbonyl (C=O) groups is 1. The zero-order valence-corrected chi connectivity index (χ0v) is 12.9. The standard InChI is InChI=1S/C17H25NO3/c1-3-15(21-16-7-5-4-6-13(16)2)12-18-17(19)14-8-10-20-11-9-14/h4-7,14-15H,3,8-12H2,1-2H3,(H,18,19). The summed E-state index contributed by atoms with van der Waals surface area (Å²) < 4.78 is 11.3. The molecule has 1 saturated heterocycles. The van der Waals surface area contributed by atoms with Crippen molar-refractivity contribution in [3.05, 3.63) is 29.8 Å². The van der Waals surface area contributed by atoms with Gasteiger partial charge in [-0.15, -0.1) is 0 Å². The van der Waals surface area contributed by atoms with Crippen LogP contribution in [-0.2, 0) is 9.53 Å². The summed E-state index contributed by atoms with van der Waals surface area (Å²) >= 11 is 0. The van der Waals surface area contributed by atoms with Gasteiger partial charge in [-0.2, -0.15) is 0 Å². The first-order valence-electron chi connectivity index (χ1n) is 7.78. The van der Waals surface area contributed by atoms with Crippen LogP contribution in [0.5, 0.6) is 5.75 Å². The molecule has 1 aliphatic rings. The van der Waals surface area contributed by atoms with Crippen molar-refractivity contribution in [2.45, 2.75) is 39.2 Å². The van der Waals surface area contributed by atoms with Gasteiger partial charge in [0, 0.05) is 19.1 Å². The number of rotatable bonds is 6. The largest absolute Gasteiger partial charge is 0.488 e. The van der Waals surface area contributed by atoms with Crippen LogP contribution >= 0.6 is 0 Å². The molecule has 0 aliphatic carbocycles. The zero-order valence-electron chi connectivity index (χ0n) is 12.9. The van der Waals surface area contributed by atoms with E-state index in [9.17, 15) is 4.79 Å². The monoisotopic (exact) mass is 291 g/mol. The van der Waals surface area contributed by atoms with E-state index < -0.39 is 0 Å². The highest BCUT2D eigenvalue weighted by Gasteiger charge is 2.22. The molecule has 0 spiro atoms. The topological polar surface area (TPSA) is 47.6 Å². The van der Waals surface area contributed by atoms with Gasteiger partial charge in [0.2, 0.25) is 5.91 Å². The van der Waals surface area contributed by atoms with E-state index in [0.29, 0.717) is 19.8 Å². The SMILES string of the molecule is CCC(CNC(=O)C1CCOCC1)Oc1ccccc1C. The molecule has 0 radical (unpaired) electrons. The Labute approximate surface area is 126 Å². The van der Waals surface area contributed by atoms with Gasteiger partial charge < -0.3 is 14.8 Å². The summed E-state index contributed by atoms with van der Waals surface area (Å²) in [6, 6.07) is 7.96. The maximum atomic E-state index is 12.1. The summed E-state index contributed by atoms with van der Waals surface area (Å²) in [5, 5.41) is 3.02. The van der Waals surface area contributed by atoms with Crippen LogP contribution in [0.3, 0.4) is 0 Å². The van der Waals surface area contributed by atoms with E-state index in [2.05, 4.69) is 12.2 Å². The molecule has 1 heterocycles. The number of benzene rings is 1. The van der Waals surface area contributed by atoms with Crippen molar-refractivity contribution in [2.75, 3.05) is 19.8 Å². The first-order valence-corrected chi connectivity index (χ1v) is 7.78. The number of carbonyl (C=O) groups excluding carboxylic acids is 1. The van der Waals surface area contributed by atoms with Gasteiger partial charge in [-0.3, -0.25) is 4.79 Å². The van der Waals surface area contributed by atoms with Crippen molar-refractivity contribution in [3.8, 4) is 5.75 Å². The molecular weight excluding hydrogens is 266 g/mol. The van der Waals surface area contributed by atoms with Gasteiger partial charge in [0.05, 0.1) is 6.54 Å². The first-order chi connectivity index (χ1) is 10.2. The third-order valence-corrected chi connectivity index (χ3v) is 3.94. The molecule has 1 amide bonds. The van der Waals surface area contributed by atoms with Crippen LogP contribution in [0.2, 0.25) is 0 Å². The van der Waals surface area contributed by atoms with E-state index in [1.165, 1.54) is 0 Å². The van der Waals surface area contributed by atoms with Gasteiger partial charge in [-0.25, -0.2) is 0 Å². The van der Waals surface area contributed by atoms with Crippen LogP contribution in [0.15, 0.2) is 24.3 Å². The Morgan fingerprint density at radius 1 is 1.38 bits per heavy atom. The van der Waals surface area contributed by atoms with Crippen molar-refractivity contribution < 1.29 is 14.3 Å². The predicted octanol–water partition coefficient (Wildman–Crippen LogP) is 2.70. The molecule has 0 bridgehead atoms. The molecule has 21 heavy (non-hydrogen) atoms. The highest BCUT2D eigenvalue weighted by atomic mass is 16.5. The van der Waals surface area contributed by atoms with Crippen LogP contribution < -0.4 is 10.1 Å². The maximum absolute atomic E-state index is 12.1. The minimum absolute atomic E-state index is 0.00916. The molecule has 1 aliphatic heterocycles. The maximum Gasteiger partial charge on any atom is 0.223 e. The predicted molar refractivity (Wildman–Crippen MR) is 82.4 cm³/mol. The molecule has 4 heteroatoms. The van der Waals surface area contributed by atoms with E-state index in [0.717, 1.165) is 30.6 Å². The summed E-state index contributed by atoms with van der Waals surface area (Å²) in [7, 11) is 0.